The summed E-state index contributed by atoms with van der Waals surface area (Å²) >= 11 is 6.06. The molecule has 0 amide bonds. The average molecular weight is 447 g/mol. The van der Waals surface area contributed by atoms with Gasteiger partial charge in [-0.1, -0.05) is 29.8 Å². The molecule has 0 saturated carbocycles. The number of hydrogen-bond acceptors (Lipinski definition) is 3. The van der Waals surface area contributed by atoms with Crippen molar-refractivity contribution in [1.29, 1.82) is 0 Å². The van der Waals surface area contributed by atoms with Crippen LogP contribution in [0, 0.1) is 20.8 Å². The van der Waals surface area contributed by atoms with Crippen LogP contribution in [-0.2, 0) is 6.54 Å². The zero-order chi connectivity index (χ0) is 22.7. The molecule has 4 nitrogen and oxygen atoms in total. The highest BCUT2D eigenvalue weighted by Crippen LogP contribution is 2.24. The van der Waals surface area contributed by atoms with E-state index < -0.39 is 0 Å². The molecule has 0 radical (unpaired) electrons. The Morgan fingerprint density at radius 1 is 0.969 bits per heavy atom. The van der Waals surface area contributed by atoms with E-state index in [4.69, 9.17) is 21.3 Å². The van der Waals surface area contributed by atoms with Crippen LogP contribution in [0.25, 0.3) is 22.3 Å². The number of hydrogen-bond donors (Lipinski definition) is 0. The Kier molecular flexibility index (Phi) is 6.61. The van der Waals surface area contributed by atoms with Gasteiger partial charge >= 0.3 is 0 Å². The fourth-order valence-electron chi connectivity index (χ4n) is 3.90. The van der Waals surface area contributed by atoms with Crippen LogP contribution in [0.1, 0.15) is 29.5 Å². The SMILES string of the molecule is Cc1cc(C)c(C)c(OCCCCn2c(-c3ccc(Cl)cc3)nc3ccccc3c2=O)c1. The molecule has 4 aromatic rings. The first kappa shape index (κ1) is 22.1. The topological polar surface area (TPSA) is 44.1 Å². The highest BCUT2D eigenvalue weighted by molar-refractivity contribution is 6.30. The molecule has 0 saturated heterocycles. The number of aryl methyl sites for hydroxylation is 2. The standard InChI is InChI=1S/C27H27ClN2O2/c1-18-16-19(2)20(3)25(17-18)32-15-7-6-14-30-26(21-10-12-22(28)13-11-21)29-24-9-5-4-8-23(24)27(30)31/h4-5,8-13,16-17H,6-7,14-15H2,1-3H3. The first-order chi connectivity index (χ1) is 15.4. The van der Waals surface area contributed by atoms with Crippen molar-refractivity contribution in [2.45, 2.75) is 40.2 Å². The van der Waals surface area contributed by atoms with Gasteiger partial charge in [-0.05, 0) is 92.8 Å². The summed E-state index contributed by atoms with van der Waals surface area (Å²) < 4.78 is 7.82. The van der Waals surface area contributed by atoms with E-state index in [1.165, 1.54) is 16.7 Å². The predicted molar refractivity (Wildman–Crippen MR) is 132 cm³/mol. The summed E-state index contributed by atoms with van der Waals surface area (Å²) in [7, 11) is 0. The molecular weight excluding hydrogens is 420 g/mol. The van der Waals surface area contributed by atoms with E-state index in [9.17, 15) is 4.79 Å². The lowest BCUT2D eigenvalue weighted by molar-refractivity contribution is 0.300. The molecule has 5 heteroatoms. The molecule has 0 aliphatic rings. The number of para-hydroxylation sites is 1. The zero-order valence-electron chi connectivity index (χ0n) is 18.7. The van der Waals surface area contributed by atoms with Gasteiger partial charge in [0.15, 0.2) is 0 Å². The summed E-state index contributed by atoms with van der Waals surface area (Å²) in [5, 5.41) is 1.29. The number of fused-ring (bicyclic) bond motifs is 1. The summed E-state index contributed by atoms with van der Waals surface area (Å²) in [6.45, 7) is 7.45. The Hall–Kier alpha value is -3.11. The third-order valence-corrected chi connectivity index (χ3v) is 6.01. The van der Waals surface area contributed by atoms with Gasteiger partial charge in [0.05, 0.1) is 17.5 Å². The van der Waals surface area contributed by atoms with Crippen LogP contribution in [0.5, 0.6) is 5.75 Å². The third-order valence-electron chi connectivity index (χ3n) is 5.76. The molecule has 32 heavy (non-hydrogen) atoms. The van der Waals surface area contributed by atoms with Crippen LogP contribution < -0.4 is 10.3 Å². The molecule has 1 heterocycles. The Morgan fingerprint density at radius 2 is 1.72 bits per heavy atom. The molecule has 0 N–H and O–H groups in total. The fraction of sp³-hybridized carbons (Fsp3) is 0.259. The van der Waals surface area contributed by atoms with Crippen molar-refractivity contribution in [3.63, 3.8) is 0 Å². The van der Waals surface area contributed by atoms with Crippen molar-refractivity contribution in [2.24, 2.45) is 0 Å². The second-order valence-electron chi connectivity index (χ2n) is 8.18. The van der Waals surface area contributed by atoms with E-state index >= 15 is 0 Å². The molecule has 1 aromatic heterocycles. The second kappa shape index (κ2) is 9.58. The van der Waals surface area contributed by atoms with Crippen molar-refractivity contribution in [1.82, 2.24) is 9.55 Å². The highest BCUT2D eigenvalue weighted by atomic mass is 35.5. The molecule has 3 aromatic carbocycles. The maximum Gasteiger partial charge on any atom is 0.261 e. The summed E-state index contributed by atoms with van der Waals surface area (Å²) in [6.07, 6.45) is 1.65. The second-order valence-corrected chi connectivity index (χ2v) is 8.61. The van der Waals surface area contributed by atoms with E-state index in [-0.39, 0.29) is 5.56 Å². The molecule has 0 aliphatic carbocycles. The number of nitrogens with zero attached hydrogens (tertiary/aromatic N) is 2. The minimum absolute atomic E-state index is 0.0216. The number of halogens is 1. The average Bonchev–Trinajstić information content (AvgIpc) is 2.78. The van der Waals surface area contributed by atoms with Gasteiger partial charge in [-0.25, -0.2) is 4.98 Å². The minimum Gasteiger partial charge on any atom is -0.493 e. The molecule has 0 aliphatic heterocycles. The van der Waals surface area contributed by atoms with Gasteiger partial charge in [0.25, 0.3) is 5.56 Å². The van der Waals surface area contributed by atoms with E-state index in [2.05, 4.69) is 32.9 Å². The van der Waals surface area contributed by atoms with Crippen molar-refractivity contribution in [2.75, 3.05) is 6.61 Å². The summed E-state index contributed by atoms with van der Waals surface area (Å²) in [5.74, 6) is 1.60. The molecule has 0 bridgehead atoms. The summed E-state index contributed by atoms with van der Waals surface area (Å²) in [5.41, 5.74) is 5.17. The number of unbranched alkanes of at least 4 members (excludes halogenated alkanes) is 1. The van der Waals surface area contributed by atoms with Crippen LogP contribution >= 0.6 is 11.6 Å². The van der Waals surface area contributed by atoms with Crippen molar-refractivity contribution < 1.29 is 4.74 Å². The van der Waals surface area contributed by atoms with Crippen LogP contribution in [0.15, 0.2) is 65.5 Å². The first-order valence-corrected chi connectivity index (χ1v) is 11.3. The van der Waals surface area contributed by atoms with Gasteiger partial charge in [0, 0.05) is 17.1 Å². The molecular formula is C27H27ClN2O2. The monoisotopic (exact) mass is 446 g/mol. The van der Waals surface area contributed by atoms with Gasteiger partial charge in [0.1, 0.15) is 11.6 Å². The van der Waals surface area contributed by atoms with Crippen molar-refractivity contribution in [3.05, 3.63) is 92.7 Å². The molecule has 0 unspecified atom stereocenters. The largest absolute Gasteiger partial charge is 0.493 e. The van der Waals surface area contributed by atoms with Crippen molar-refractivity contribution in [3.8, 4) is 17.1 Å². The highest BCUT2D eigenvalue weighted by Gasteiger charge is 2.13. The lowest BCUT2D eigenvalue weighted by Crippen LogP contribution is -2.24. The van der Waals surface area contributed by atoms with E-state index in [1.807, 2.05) is 48.5 Å². The number of aromatic nitrogens is 2. The van der Waals surface area contributed by atoms with Gasteiger partial charge in [-0.2, -0.15) is 0 Å². The maximum atomic E-state index is 13.3. The maximum absolute atomic E-state index is 13.3. The van der Waals surface area contributed by atoms with E-state index in [0.717, 1.165) is 24.2 Å². The summed E-state index contributed by atoms with van der Waals surface area (Å²) in [6, 6.07) is 19.2. The summed E-state index contributed by atoms with van der Waals surface area (Å²) in [4.78, 5) is 18.1. The Morgan fingerprint density at radius 3 is 2.50 bits per heavy atom. The van der Waals surface area contributed by atoms with Gasteiger partial charge in [-0.15, -0.1) is 0 Å². The lowest BCUT2D eigenvalue weighted by atomic mass is 10.1. The minimum atomic E-state index is -0.0216. The Bertz CT molecular complexity index is 1310. The lowest BCUT2D eigenvalue weighted by Gasteiger charge is -2.15. The van der Waals surface area contributed by atoms with Gasteiger partial charge < -0.3 is 4.74 Å². The first-order valence-electron chi connectivity index (χ1n) is 10.9. The fourth-order valence-corrected chi connectivity index (χ4v) is 4.03. The molecule has 0 spiro atoms. The van der Waals surface area contributed by atoms with Crippen LogP contribution in [0.4, 0.5) is 0 Å². The van der Waals surface area contributed by atoms with Gasteiger partial charge in [0.2, 0.25) is 0 Å². The Labute approximate surface area is 193 Å². The number of benzene rings is 3. The third kappa shape index (κ3) is 4.71. The van der Waals surface area contributed by atoms with Crippen molar-refractivity contribution >= 4 is 22.5 Å². The number of ether oxygens (including phenoxy) is 1. The zero-order valence-corrected chi connectivity index (χ0v) is 19.4. The predicted octanol–water partition coefficient (Wildman–Crippen LogP) is 6.50. The molecule has 0 fully saturated rings. The van der Waals surface area contributed by atoms with Crippen LogP contribution in [-0.4, -0.2) is 16.2 Å². The van der Waals surface area contributed by atoms with Gasteiger partial charge in [-0.3, -0.25) is 9.36 Å². The Balaban J connectivity index is 1.53. The quantitative estimate of drug-likeness (QED) is 0.304. The van der Waals surface area contributed by atoms with E-state index in [1.54, 1.807) is 4.57 Å². The van der Waals surface area contributed by atoms with Crippen LogP contribution in [0.2, 0.25) is 5.02 Å². The number of rotatable bonds is 7. The molecule has 164 valence electrons. The normalized spacial score (nSPS) is 11.1. The molecule has 0 atom stereocenters. The molecule has 4 rings (SSSR count). The van der Waals surface area contributed by atoms with Crippen LogP contribution in [0.3, 0.4) is 0 Å². The van der Waals surface area contributed by atoms with E-state index in [0.29, 0.717) is 34.9 Å². The smallest absolute Gasteiger partial charge is 0.261 e.